The number of hydrazone groups is 1. The smallest absolute Gasteiger partial charge is 0.191 e. The maximum Gasteiger partial charge on any atom is 0.191 e. The number of aliphatic imine (C=N–C) groups is 1. The van der Waals surface area contributed by atoms with Crippen LogP contribution in [0, 0.1) is 0 Å². The first-order chi connectivity index (χ1) is 9.96. The van der Waals surface area contributed by atoms with Crippen LogP contribution in [-0.4, -0.2) is 62.7 Å². The molecule has 0 radical (unpaired) electrons. The molecule has 0 aromatic heterocycles. The van der Waals surface area contributed by atoms with E-state index in [1.54, 1.807) is 31.6 Å². The van der Waals surface area contributed by atoms with Crippen LogP contribution in [0.25, 0.3) is 0 Å². The summed E-state index contributed by atoms with van der Waals surface area (Å²) < 4.78 is 11.8. The van der Waals surface area contributed by atoms with Gasteiger partial charge in [-0.25, -0.2) is 4.99 Å². The van der Waals surface area contributed by atoms with E-state index in [0.29, 0.717) is 24.0 Å². The highest BCUT2D eigenvalue weighted by molar-refractivity contribution is 7.95. The zero-order valence-corrected chi connectivity index (χ0v) is 14.3. The molecule has 0 heterocycles. The van der Waals surface area contributed by atoms with E-state index >= 15 is 0 Å². The minimum atomic E-state index is -1.11. The lowest BCUT2D eigenvalue weighted by molar-refractivity contribution is 0.486. The first kappa shape index (κ1) is 19.5. The number of likely N-dealkylation sites (N-methyl/N-ethyl adjacent to an activating group) is 2. The molecule has 7 nitrogen and oxygen atoms in total. The van der Waals surface area contributed by atoms with E-state index in [0.717, 1.165) is 5.70 Å². The van der Waals surface area contributed by atoms with Crippen LogP contribution >= 0.6 is 0 Å². The van der Waals surface area contributed by atoms with E-state index in [2.05, 4.69) is 32.8 Å². The highest BCUT2D eigenvalue weighted by atomic mass is 32.2. The van der Waals surface area contributed by atoms with Gasteiger partial charge in [0.25, 0.3) is 0 Å². The van der Waals surface area contributed by atoms with Crippen LogP contribution in [0.1, 0.15) is 6.92 Å². The van der Waals surface area contributed by atoms with E-state index in [-0.39, 0.29) is 0 Å². The van der Waals surface area contributed by atoms with Gasteiger partial charge in [-0.3, -0.25) is 5.01 Å². The fraction of sp³-hybridized carbons (Fsp3) is 0.538. The lowest BCUT2D eigenvalue weighted by atomic mass is 10.4. The largest absolute Gasteiger partial charge is 0.612 e. The molecule has 21 heavy (non-hydrogen) atoms. The monoisotopic (exact) mass is 314 g/mol. The molecule has 0 aliphatic rings. The summed E-state index contributed by atoms with van der Waals surface area (Å²) >= 11 is -1.11. The molecule has 0 saturated carbocycles. The van der Waals surface area contributed by atoms with Crippen molar-refractivity contribution < 1.29 is 4.55 Å². The van der Waals surface area contributed by atoms with Crippen molar-refractivity contribution in [3.05, 3.63) is 22.9 Å². The molecule has 1 unspecified atom stereocenters. The van der Waals surface area contributed by atoms with Gasteiger partial charge in [0.15, 0.2) is 10.7 Å². The molecule has 0 amide bonds. The minimum Gasteiger partial charge on any atom is -0.612 e. The van der Waals surface area contributed by atoms with Crippen molar-refractivity contribution in [2.24, 2.45) is 10.1 Å². The molecule has 0 aromatic rings. The zero-order valence-electron chi connectivity index (χ0n) is 13.4. The predicted molar refractivity (Wildman–Crippen MR) is 91.6 cm³/mol. The summed E-state index contributed by atoms with van der Waals surface area (Å²) in [5.74, 6) is 0.613. The number of allylic oxidation sites excluding steroid dienone is 1. The molecule has 120 valence electrons. The Balaban J connectivity index is 4.78. The van der Waals surface area contributed by atoms with Crippen molar-refractivity contribution >= 4 is 23.7 Å². The molecule has 8 heteroatoms. The van der Waals surface area contributed by atoms with Gasteiger partial charge in [0.05, 0.1) is 0 Å². The molecule has 1 atom stereocenters. The standard InChI is InChI=1S/C13H26N6OS/c1-11(9-19(5)16-4)17-10-18-13(15-3)12(21(6)20)7-8-14-2/h7,9,14,17H,4,8,10H2,1-3,5-6H3,(H,15,18)/b11-9+,12-7+. The Labute approximate surface area is 130 Å². The first-order valence-corrected chi connectivity index (χ1v) is 8.04. The summed E-state index contributed by atoms with van der Waals surface area (Å²) in [5.41, 5.74) is 0.905. The zero-order chi connectivity index (χ0) is 16.3. The van der Waals surface area contributed by atoms with Gasteiger partial charge in [-0.1, -0.05) is 0 Å². The second-order valence-electron chi connectivity index (χ2n) is 4.20. The number of nitrogens with zero attached hydrogens (tertiary/aromatic N) is 3. The summed E-state index contributed by atoms with van der Waals surface area (Å²) in [5, 5.41) is 14.4. The molecule has 0 fully saturated rings. The highest BCUT2D eigenvalue weighted by Crippen LogP contribution is 2.05. The molecule has 0 aromatic carbocycles. The first-order valence-electron chi connectivity index (χ1n) is 6.48. The Kier molecular flexibility index (Phi) is 10.4. The molecular formula is C13H26N6OS. The molecule has 0 saturated heterocycles. The third kappa shape index (κ3) is 8.38. The van der Waals surface area contributed by atoms with Crippen molar-refractivity contribution in [3.8, 4) is 0 Å². The predicted octanol–water partition coefficient (Wildman–Crippen LogP) is 0.0419. The average Bonchev–Trinajstić information content (AvgIpc) is 2.45. The molecule has 0 aliphatic heterocycles. The van der Waals surface area contributed by atoms with Crippen molar-refractivity contribution in [1.82, 2.24) is 21.0 Å². The second kappa shape index (κ2) is 11.2. The minimum absolute atomic E-state index is 0.373. The number of nitrogens with one attached hydrogen (secondary N) is 3. The Morgan fingerprint density at radius 3 is 2.57 bits per heavy atom. The summed E-state index contributed by atoms with van der Waals surface area (Å²) in [7, 11) is 5.39. The summed E-state index contributed by atoms with van der Waals surface area (Å²) in [4.78, 5) is 5.07. The van der Waals surface area contributed by atoms with Gasteiger partial charge in [-0.15, -0.1) is 0 Å². The number of rotatable bonds is 9. The van der Waals surface area contributed by atoms with E-state index in [1.165, 1.54) is 0 Å². The van der Waals surface area contributed by atoms with Crippen molar-refractivity contribution in [1.29, 1.82) is 0 Å². The topological polar surface area (TPSA) is 87.1 Å². The lowest BCUT2D eigenvalue weighted by Gasteiger charge is -2.13. The van der Waals surface area contributed by atoms with Gasteiger partial charge in [0.1, 0.15) is 12.9 Å². The molecular weight excluding hydrogens is 288 g/mol. The van der Waals surface area contributed by atoms with Crippen molar-refractivity contribution in [3.63, 3.8) is 0 Å². The average molecular weight is 314 g/mol. The lowest BCUT2D eigenvalue weighted by Crippen LogP contribution is -2.28. The Morgan fingerprint density at radius 2 is 2.10 bits per heavy atom. The van der Waals surface area contributed by atoms with Gasteiger partial charge in [-0.05, 0) is 31.2 Å². The fourth-order valence-electron chi connectivity index (χ4n) is 1.44. The van der Waals surface area contributed by atoms with Gasteiger partial charge < -0.3 is 20.5 Å². The van der Waals surface area contributed by atoms with Crippen molar-refractivity contribution in [2.45, 2.75) is 6.92 Å². The number of hydrogen-bond acceptors (Lipinski definition) is 6. The van der Waals surface area contributed by atoms with E-state index in [1.807, 2.05) is 20.0 Å². The normalized spacial score (nSPS) is 14.7. The third-order valence-corrected chi connectivity index (χ3v) is 3.45. The SMILES string of the molecule is C=NN(C)/C=C(\C)NC/N=C(NC)\C(=C/CNC)[S+](C)[O-]. The quantitative estimate of drug-likeness (QED) is 0.242. The summed E-state index contributed by atoms with van der Waals surface area (Å²) in [6.45, 7) is 6.34. The van der Waals surface area contributed by atoms with E-state index < -0.39 is 11.2 Å². The maximum atomic E-state index is 11.8. The molecule has 0 aliphatic carbocycles. The number of hydrogen-bond donors (Lipinski definition) is 3. The van der Waals surface area contributed by atoms with Crippen LogP contribution in [0.15, 0.2) is 33.0 Å². The molecule has 0 bridgehead atoms. The van der Waals surface area contributed by atoms with E-state index in [4.69, 9.17) is 0 Å². The summed E-state index contributed by atoms with van der Waals surface area (Å²) in [6, 6.07) is 0. The molecule has 0 spiro atoms. The molecule has 3 N–H and O–H groups in total. The van der Waals surface area contributed by atoms with Crippen LogP contribution in [-0.2, 0) is 11.2 Å². The van der Waals surface area contributed by atoms with Crippen LogP contribution < -0.4 is 16.0 Å². The molecule has 0 rings (SSSR count). The van der Waals surface area contributed by atoms with Gasteiger partial charge in [-0.2, -0.15) is 5.10 Å². The van der Waals surface area contributed by atoms with Crippen LogP contribution in [0.2, 0.25) is 0 Å². The number of amidine groups is 1. The Morgan fingerprint density at radius 1 is 1.43 bits per heavy atom. The van der Waals surface area contributed by atoms with Crippen LogP contribution in [0.5, 0.6) is 0 Å². The van der Waals surface area contributed by atoms with Gasteiger partial charge in [0.2, 0.25) is 0 Å². The van der Waals surface area contributed by atoms with Gasteiger partial charge in [0, 0.05) is 39.3 Å². The van der Waals surface area contributed by atoms with Crippen LogP contribution in [0.4, 0.5) is 0 Å². The Bertz CT molecular complexity index is 405. The van der Waals surface area contributed by atoms with Crippen LogP contribution in [0.3, 0.4) is 0 Å². The second-order valence-corrected chi connectivity index (χ2v) is 5.55. The van der Waals surface area contributed by atoms with Gasteiger partial charge >= 0.3 is 0 Å². The Hall–Kier alpha value is -1.51. The van der Waals surface area contributed by atoms with Crippen molar-refractivity contribution in [2.75, 3.05) is 40.6 Å². The highest BCUT2D eigenvalue weighted by Gasteiger charge is 2.15. The fourth-order valence-corrected chi connectivity index (χ4v) is 2.19. The maximum absolute atomic E-state index is 11.8. The van der Waals surface area contributed by atoms with E-state index in [9.17, 15) is 4.55 Å². The summed E-state index contributed by atoms with van der Waals surface area (Å²) in [6.07, 6.45) is 5.30. The third-order valence-electron chi connectivity index (χ3n) is 2.47.